The highest BCUT2D eigenvalue weighted by Crippen LogP contribution is 2.38. The molecule has 0 spiro atoms. The van der Waals surface area contributed by atoms with Crippen LogP contribution in [-0.2, 0) is 9.47 Å². The van der Waals surface area contributed by atoms with Crippen LogP contribution in [0.3, 0.4) is 0 Å². The summed E-state index contributed by atoms with van der Waals surface area (Å²) in [5.41, 5.74) is 4.43. The molecule has 5 nitrogen and oxygen atoms in total. The minimum atomic E-state index is -1.56. The molecule has 2 aromatic rings. The minimum Gasteiger partial charge on any atom is -0.461 e. The van der Waals surface area contributed by atoms with Crippen molar-refractivity contribution in [3.63, 3.8) is 0 Å². The van der Waals surface area contributed by atoms with E-state index < -0.39 is 41.3 Å². The van der Waals surface area contributed by atoms with E-state index in [1.807, 2.05) is 39.8 Å². The maximum Gasteiger partial charge on any atom is 0.338 e. The Morgan fingerprint density at radius 3 is 1.84 bits per heavy atom. The molecular weight excluding hydrogens is 419 g/mol. The van der Waals surface area contributed by atoms with Crippen LogP contribution in [0.25, 0.3) is 0 Å². The van der Waals surface area contributed by atoms with E-state index in [4.69, 9.17) is 9.47 Å². The van der Waals surface area contributed by atoms with Crippen molar-refractivity contribution in [2.75, 3.05) is 13.2 Å². The fraction of sp³-hybridized carbons (Fsp3) is 0.417. The van der Waals surface area contributed by atoms with Crippen molar-refractivity contribution < 1.29 is 28.6 Å². The number of carbonyl (C=O) groups is 2. The van der Waals surface area contributed by atoms with Gasteiger partial charge in [-0.15, -0.1) is 11.8 Å². The predicted octanol–water partition coefficient (Wildman–Crippen LogP) is 4.12. The van der Waals surface area contributed by atoms with Crippen molar-refractivity contribution in [1.82, 2.24) is 0 Å². The van der Waals surface area contributed by atoms with Crippen molar-refractivity contribution in [2.45, 2.75) is 50.5 Å². The summed E-state index contributed by atoms with van der Waals surface area (Å²) >= 11 is 1.13. The van der Waals surface area contributed by atoms with Gasteiger partial charge >= 0.3 is 11.9 Å². The second-order valence-electron chi connectivity index (χ2n) is 8.06. The molecule has 31 heavy (non-hydrogen) atoms. The first-order valence-electron chi connectivity index (χ1n) is 10.1. The third-order valence-electron chi connectivity index (χ3n) is 5.10. The summed E-state index contributed by atoms with van der Waals surface area (Å²) in [4.78, 5) is 25.1. The van der Waals surface area contributed by atoms with E-state index in [9.17, 15) is 19.1 Å². The number of esters is 2. The average Bonchev–Trinajstić information content (AvgIpc) is 2.99. The Bertz CT molecular complexity index is 936. The van der Waals surface area contributed by atoms with Crippen LogP contribution in [0.1, 0.15) is 43.0 Å². The summed E-state index contributed by atoms with van der Waals surface area (Å²) in [5.74, 6) is -1.15. The summed E-state index contributed by atoms with van der Waals surface area (Å²) < 4.78 is 25.8. The van der Waals surface area contributed by atoms with E-state index >= 15 is 0 Å². The van der Waals surface area contributed by atoms with Crippen molar-refractivity contribution in [2.24, 2.45) is 0 Å². The van der Waals surface area contributed by atoms with Crippen LogP contribution in [0.5, 0.6) is 0 Å². The zero-order valence-electron chi connectivity index (χ0n) is 18.1. The van der Waals surface area contributed by atoms with Gasteiger partial charge < -0.3 is 14.6 Å². The van der Waals surface area contributed by atoms with Gasteiger partial charge in [-0.2, -0.15) is 0 Å². The second kappa shape index (κ2) is 9.83. The summed E-state index contributed by atoms with van der Waals surface area (Å²) in [6.07, 6.45) is -2.68. The molecule has 0 aromatic heterocycles. The summed E-state index contributed by atoms with van der Waals surface area (Å²) in [6.45, 7) is 6.98. The van der Waals surface area contributed by atoms with E-state index in [1.54, 1.807) is 24.3 Å². The number of aliphatic hydroxyl groups is 1. The molecule has 1 heterocycles. The first kappa shape index (κ1) is 23.3. The average molecular weight is 447 g/mol. The van der Waals surface area contributed by atoms with Gasteiger partial charge in [-0.1, -0.05) is 34.4 Å². The first-order valence-corrected chi connectivity index (χ1v) is 11.1. The van der Waals surface area contributed by atoms with Crippen molar-refractivity contribution >= 4 is 23.7 Å². The molecule has 1 fully saturated rings. The molecule has 1 saturated heterocycles. The highest BCUT2D eigenvalue weighted by atomic mass is 32.2. The lowest BCUT2D eigenvalue weighted by Crippen LogP contribution is -2.37. The standard InChI is InChI=1S/C24H27FO5S/c1-13-5-14(2)8-17(7-13)23(27)29-12-20-22(21(25)19(11-26)31-20)30-24(28)18-9-15(3)6-16(4)10-18/h5-10,19-22,26H,11-12H2,1-4H3/t19?,20-,21-,22-/m1/s1. The van der Waals surface area contributed by atoms with E-state index in [1.165, 1.54) is 0 Å². The van der Waals surface area contributed by atoms with Crippen LogP contribution in [0.4, 0.5) is 4.39 Å². The number of benzene rings is 2. The van der Waals surface area contributed by atoms with Gasteiger partial charge in [0.2, 0.25) is 0 Å². The van der Waals surface area contributed by atoms with Gasteiger partial charge in [0, 0.05) is 0 Å². The van der Waals surface area contributed by atoms with E-state index in [-0.39, 0.29) is 6.61 Å². The van der Waals surface area contributed by atoms with Crippen LogP contribution in [0, 0.1) is 27.7 Å². The predicted molar refractivity (Wildman–Crippen MR) is 118 cm³/mol. The normalized spacial score (nSPS) is 22.9. The number of hydrogen-bond donors (Lipinski definition) is 1. The lowest BCUT2D eigenvalue weighted by molar-refractivity contribution is -0.000507. The lowest BCUT2D eigenvalue weighted by atomic mass is 10.1. The Balaban J connectivity index is 1.71. The van der Waals surface area contributed by atoms with Crippen LogP contribution >= 0.6 is 11.8 Å². The van der Waals surface area contributed by atoms with Gasteiger partial charge in [0.25, 0.3) is 0 Å². The van der Waals surface area contributed by atoms with Gasteiger partial charge in [0.05, 0.1) is 28.2 Å². The van der Waals surface area contributed by atoms with Gasteiger partial charge in [0.15, 0.2) is 6.17 Å². The molecule has 1 aliphatic rings. The number of ether oxygens (including phenoxy) is 2. The molecule has 1 aliphatic heterocycles. The van der Waals surface area contributed by atoms with Gasteiger partial charge in [0.1, 0.15) is 12.7 Å². The molecule has 0 aliphatic carbocycles. The van der Waals surface area contributed by atoms with Gasteiger partial charge in [-0.25, -0.2) is 14.0 Å². The Hall–Kier alpha value is -2.38. The highest BCUT2D eigenvalue weighted by molar-refractivity contribution is 8.01. The van der Waals surface area contributed by atoms with Crippen molar-refractivity contribution in [1.29, 1.82) is 0 Å². The molecular formula is C24H27FO5S. The first-order chi connectivity index (χ1) is 14.7. The number of hydrogen-bond acceptors (Lipinski definition) is 6. The van der Waals surface area contributed by atoms with Gasteiger partial charge in [-0.05, 0) is 52.0 Å². The third-order valence-corrected chi connectivity index (χ3v) is 6.61. The van der Waals surface area contributed by atoms with Crippen molar-refractivity contribution in [3.8, 4) is 0 Å². The van der Waals surface area contributed by atoms with Crippen LogP contribution < -0.4 is 0 Å². The van der Waals surface area contributed by atoms with Crippen molar-refractivity contribution in [3.05, 3.63) is 69.8 Å². The number of halogens is 1. The molecule has 0 saturated carbocycles. The largest absolute Gasteiger partial charge is 0.461 e. The molecule has 1 N–H and O–H groups in total. The van der Waals surface area contributed by atoms with Crippen LogP contribution in [0.2, 0.25) is 0 Å². The topological polar surface area (TPSA) is 72.8 Å². The number of aryl methyl sites for hydroxylation is 4. The minimum absolute atomic E-state index is 0.127. The molecule has 166 valence electrons. The summed E-state index contributed by atoms with van der Waals surface area (Å²) in [7, 11) is 0. The maximum atomic E-state index is 14.9. The molecule has 7 heteroatoms. The fourth-order valence-corrected chi connectivity index (χ4v) is 5.18. The smallest absolute Gasteiger partial charge is 0.338 e. The molecule has 0 amide bonds. The number of carbonyl (C=O) groups excluding carboxylic acids is 2. The number of thioether (sulfide) groups is 1. The molecule has 0 bridgehead atoms. The molecule has 1 unspecified atom stereocenters. The van der Waals surface area contributed by atoms with Crippen LogP contribution in [-0.4, -0.2) is 53.0 Å². The Morgan fingerprint density at radius 1 is 0.871 bits per heavy atom. The SMILES string of the molecule is Cc1cc(C)cc(C(=O)OC[C@H]2SC(CO)[C@@H](F)[C@@H]2OC(=O)c2cc(C)cc(C)c2)c1. The Labute approximate surface area is 185 Å². The zero-order chi connectivity index (χ0) is 22.7. The van der Waals surface area contributed by atoms with E-state index in [2.05, 4.69) is 0 Å². The number of aliphatic hydroxyl groups excluding tert-OH is 1. The third kappa shape index (κ3) is 5.66. The zero-order valence-corrected chi connectivity index (χ0v) is 18.9. The van der Waals surface area contributed by atoms with Gasteiger partial charge in [-0.3, -0.25) is 0 Å². The van der Waals surface area contributed by atoms with E-state index in [0.717, 1.165) is 34.0 Å². The lowest BCUT2D eigenvalue weighted by Gasteiger charge is -2.21. The number of rotatable bonds is 6. The molecule has 0 radical (unpaired) electrons. The maximum absolute atomic E-state index is 14.9. The highest BCUT2D eigenvalue weighted by Gasteiger charge is 2.47. The molecule has 2 aromatic carbocycles. The van der Waals surface area contributed by atoms with Crippen LogP contribution in [0.15, 0.2) is 36.4 Å². The number of alkyl halides is 1. The fourth-order valence-electron chi connectivity index (χ4n) is 3.83. The molecule has 4 atom stereocenters. The van der Waals surface area contributed by atoms with E-state index in [0.29, 0.717) is 11.1 Å². The quantitative estimate of drug-likeness (QED) is 0.673. The Morgan fingerprint density at radius 2 is 1.35 bits per heavy atom. The summed E-state index contributed by atoms with van der Waals surface area (Å²) in [6, 6.07) is 10.7. The monoisotopic (exact) mass is 446 g/mol. The Kier molecular flexibility index (Phi) is 7.38. The molecule has 3 rings (SSSR count). The second-order valence-corrected chi connectivity index (χ2v) is 9.54. The summed E-state index contributed by atoms with van der Waals surface area (Å²) in [5, 5.41) is 8.14.